The van der Waals surface area contributed by atoms with Gasteiger partial charge in [0.1, 0.15) is 0 Å². The van der Waals surface area contributed by atoms with Gasteiger partial charge in [-0.1, -0.05) is 65.3 Å². The standard InChI is InChI=1S/C19H16Cl2N4S/c20-15-8-9-16(17(21)12-15)18-23-24-19(26-11-5-4-10-22)25(18)13-14-6-2-1-3-7-14/h1-3,6-9,12H,4-5,11,13H2. The van der Waals surface area contributed by atoms with Gasteiger partial charge in [-0.25, -0.2) is 0 Å². The first-order chi connectivity index (χ1) is 12.7. The summed E-state index contributed by atoms with van der Waals surface area (Å²) in [5.74, 6) is 1.52. The quantitative estimate of drug-likeness (QED) is 0.375. The maximum absolute atomic E-state index is 8.70. The Bertz CT molecular complexity index is 919. The van der Waals surface area contributed by atoms with E-state index in [1.165, 1.54) is 0 Å². The van der Waals surface area contributed by atoms with Crippen LogP contribution < -0.4 is 0 Å². The molecule has 0 unspecified atom stereocenters. The summed E-state index contributed by atoms with van der Waals surface area (Å²) in [5, 5.41) is 19.4. The molecule has 0 radical (unpaired) electrons. The van der Waals surface area contributed by atoms with Crippen molar-refractivity contribution in [1.82, 2.24) is 14.8 Å². The van der Waals surface area contributed by atoms with Crippen LogP contribution in [0.3, 0.4) is 0 Å². The molecule has 26 heavy (non-hydrogen) atoms. The van der Waals surface area contributed by atoms with E-state index in [2.05, 4.69) is 33.0 Å². The van der Waals surface area contributed by atoms with Crippen LogP contribution in [0.25, 0.3) is 11.4 Å². The Morgan fingerprint density at radius 3 is 2.62 bits per heavy atom. The van der Waals surface area contributed by atoms with E-state index in [1.54, 1.807) is 23.9 Å². The van der Waals surface area contributed by atoms with Crippen LogP contribution >= 0.6 is 35.0 Å². The zero-order valence-electron chi connectivity index (χ0n) is 13.9. The third kappa shape index (κ3) is 4.59. The molecule has 0 fully saturated rings. The summed E-state index contributed by atoms with van der Waals surface area (Å²) in [4.78, 5) is 0. The van der Waals surface area contributed by atoms with Gasteiger partial charge in [0.15, 0.2) is 11.0 Å². The molecule has 132 valence electrons. The predicted octanol–water partition coefficient (Wildman–Crippen LogP) is 5.70. The van der Waals surface area contributed by atoms with Gasteiger partial charge in [-0.05, 0) is 30.2 Å². The van der Waals surface area contributed by atoms with Crippen LogP contribution in [-0.4, -0.2) is 20.5 Å². The second kappa shape index (κ2) is 9.09. The number of hydrogen-bond donors (Lipinski definition) is 0. The smallest absolute Gasteiger partial charge is 0.191 e. The molecular formula is C19H16Cl2N4S. The number of benzene rings is 2. The highest BCUT2D eigenvalue weighted by molar-refractivity contribution is 7.99. The lowest BCUT2D eigenvalue weighted by Crippen LogP contribution is -2.04. The van der Waals surface area contributed by atoms with Gasteiger partial charge in [-0.2, -0.15) is 5.26 Å². The normalized spacial score (nSPS) is 10.7. The van der Waals surface area contributed by atoms with Crippen LogP contribution in [0.4, 0.5) is 0 Å². The van der Waals surface area contributed by atoms with E-state index >= 15 is 0 Å². The number of nitriles is 1. The summed E-state index contributed by atoms with van der Waals surface area (Å²) in [6.07, 6.45) is 1.35. The molecule has 1 heterocycles. The van der Waals surface area contributed by atoms with Crippen molar-refractivity contribution in [3.05, 3.63) is 64.1 Å². The van der Waals surface area contributed by atoms with Crippen LogP contribution in [0.2, 0.25) is 10.0 Å². The Kier molecular flexibility index (Phi) is 6.56. The average Bonchev–Trinajstić information content (AvgIpc) is 3.02. The first kappa shape index (κ1) is 18.8. The third-order valence-electron chi connectivity index (χ3n) is 3.74. The first-order valence-corrected chi connectivity index (χ1v) is 9.85. The summed E-state index contributed by atoms with van der Waals surface area (Å²) in [6, 6.07) is 17.7. The Labute approximate surface area is 166 Å². The molecule has 7 heteroatoms. The molecule has 0 amide bonds. The van der Waals surface area contributed by atoms with Crippen LogP contribution in [0.1, 0.15) is 18.4 Å². The summed E-state index contributed by atoms with van der Waals surface area (Å²) in [5.41, 5.74) is 1.95. The van der Waals surface area contributed by atoms with Crippen molar-refractivity contribution in [1.29, 1.82) is 5.26 Å². The van der Waals surface area contributed by atoms with E-state index in [9.17, 15) is 0 Å². The van der Waals surface area contributed by atoms with Gasteiger partial charge in [-0.3, -0.25) is 4.57 Å². The van der Waals surface area contributed by atoms with Gasteiger partial charge in [0.05, 0.1) is 17.6 Å². The lowest BCUT2D eigenvalue weighted by Gasteiger charge is -2.11. The van der Waals surface area contributed by atoms with Crippen molar-refractivity contribution < 1.29 is 0 Å². The Balaban J connectivity index is 1.95. The van der Waals surface area contributed by atoms with E-state index in [-0.39, 0.29) is 0 Å². The van der Waals surface area contributed by atoms with Crippen molar-refractivity contribution in [2.75, 3.05) is 5.75 Å². The molecule has 4 nitrogen and oxygen atoms in total. The maximum atomic E-state index is 8.70. The fourth-order valence-electron chi connectivity index (χ4n) is 2.49. The molecule has 3 aromatic rings. The lowest BCUT2D eigenvalue weighted by atomic mass is 10.2. The van der Waals surface area contributed by atoms with Crippen molar-refractivity contribution in [3.63, 3.8) is 0 Å². The van der Waals surface area contributed by atoms with Gasteiger partial charge in [0, 0.05) is 22.8 Å². The highest BCUT2D eigenvalue weighted by Crippen LogP contribution is 2.32. The molecule has 2 aromatic carbocycles. The van der Waals surface area contributed by atoms with Gasteiger partial charge in [-0.15, -0.1) is 10.2 Å². The second-order valence-corrected chi connectivity index (χ2v) is 7.52. The van der Waals surface area contributed by atoms with E-state index in [1.807, 2.05) is 24.3 Å². The van der Waals surface area contributed by atoms with E-state index in [4.69, 9.17) is 28.5 Å². The molecule has 0 atom stereocenters. The Morgan fingerprint density at radius 2 is 1.88 bits per heavy atom. The largest absolute Gasteiger partial charge is 0.298 e. The van der Waals surface area contributed by atoms with Crippen molar-refractivity contribution in [2.24, 2.45) is 0 Å². The zero-order valence-corrected chi connectivity index (χ0v) is 16.2. The SMILES string of the molecule is N#CCCCSc1nnc(-c2ccc(Cl)cc2Cl)n1Cc1ccccc1. The summed E-state index contributed by atoms with van der Waals surface area (Å²) in [6.45, 7) is 0.642. The summed E-state index contributed by atoms with van der Waals surface area (Å²) >= 11 is 14.0. The average molecular weight is 403 g/mol. The van der Waals surface area contributed by atoms with Crippen LogP contribution in [0.15, 0.2) is 53.7 Å². The fraction of sp³-hybridized carbons (Fsp3) is 0.211. The molecule has 1 aromatic heterocycles. The second-order valence-electron chi connectivity index (χ2n) is 5.61. The molecule has 0 saturated heterocycles. The van der Waals surface area contributed by atoms with Gasteiger partial charge < -0.3 is 0 Å². The zero-order chi connectivity index (χ0) is 18.4. The number of aromatic nitrogens is 3. The number of nitrogens with zero attached hydrogens (tertiary/aromatic N) is 4. The molecule has 0 bridgehead atoms. The third-order valence-corrected chi connectivity index (χ3v) is 5.34. The number of rotatable bonds is 7. The molecule has 0 aliphatic heterocycles. The molecule has 0 aliphatic carbocycles. The van der Waals surface area contributed by atoms with E-state index in [0.717, 1.165) is 28.5 Å². The van der Waals surface area contributed by atoms with Crippen molar-refractivity contribution in [2.45, 2.75) is 24.5 Å². The number of unbranched alkanes of at least 4 members (excludes halogenated alkanes) is 1. The topological polar surface area (TPSA) is 54.5 Å². The highest BCUT2D eigenvalue weighted by atomic mass is 35.5. The molecule has 0 N–H and O–H groups in total. The Hall–Kier alpha value is -2.00. The van der Waals surface area contributed by atoms with Crippen LogP contribution in [0, 0.1) is 11.3 Å². The minimum absolute atomic E-state index is 0.537. The number of halogens is 2. The first-order valence-electron chi connectivity index (χ1n) is 8.11. The van der Waals surface area contributed by atoms with Crippen molar-refractivity contribution >= 4 is 35.0 Å². The monoisotopic (exact) mass is 402 g/mol. The van der Waals surface area contributed by atoms with Crippen molar-refractivity contribution in [3.8, 4) is 17.5 Å². The van der Waals surface area contributed by atoms with Gasteiger partial charge in [0.2, 0.25) is 0 Å². The fourth-order valence-corrected chi connectivity index (χ4v) is 3.86. The number of thioether (sulfide) groups is 1. The number of hydrogen-bond acceptors (Lipinski definition) is 4. The molecule has 3 rings (SSSR count). The van der Waals surface area contributed by atoms with E-state index in [0.29, 0.717) is 28.8 Å². The summed E-state index contributed by atoms with van der Waals surface area (Å²) in [7, 11) is 0. The van der Waals surface area contributed by atoms with Gasteiger partial charge >= 0.3 is 0 Å². The summed E-state index contributed by atoms with van der Waals surface area (Å²) < 4.78 is 2.06. The molecular weight excluding hydrogens is 387 g/mol. The van der Waals surface area contributed by atoms with Gasteiger partial charge in [0.25, 0.3) is 0 Å². The highest BCUT2D eigenvalue weighted by Gasteiger charge is 2.17. The van der Waals surface area contributed by atoms with E-state index < -0.39 is 0 Å². The maximum Gasteiger partial charge on any atom is 0.191 e. The minimum Gasteiger partial charge on any atom is -0.298 e. The molecule has 0 aliphatic rings. The predicted molar refractivity (Wildman–Crippen MR) is 107 cm³/mol. The van der Waals surface area contributed by atoms with Crippen LogP contribution in [0.5, 0.6) is 0 Å². The minimum atomic E-state index is 0.537. The van der Waals surface area contributed by atoms with Crippen LogP contribution in [-0.2, 0) is 6.54 Å². The molecule has 0 spiro atoms. The Morgan fingerprint density at radius 1 is 1.08 bits per heavy atom. The lowest BCUT2D eigenvalue weighted by molar-refractivity contribution is 0.714. The molecule has 0 saturated carbocycles.